The van der Waals surface area contributed by atoms with Crippen LogP contribution in [0.2, 0.25) is 0 Å². The van der Waals surface area contributed by atoms with Crippen LogP contribution in [0.1, 0.15) is 12.6 Å². The van der Waals surface area contributed by atoms with Gasteiger partial charge in [0, 0.05) is 21.0 Å². The standard InChI is InChI=1S/C9H12BrN3O2/c1-6(14)9(15)12(2)5-8-7(10)4-11-13(8)3/h4H,5H2,1-3H3. The van der Waals surface area contributed by atoms with Crippen molar-refractivity contribution in [2.45, 2.75) is 13.5 Å². The van der Waals surface area contributed by atoms with Gasteiger partial charge in [0.25, 0.3) is 5.91 Å². The molecule has 6 heteroatoms. The van der Waals surface area contributed by atoms with Gasteiger partial charge in [0.15, 0.2) is 0 Å². The highest BCUT2D eigenvalue weighted by molar-refractivity contribution is 9.10. The molecule has 0 aliphatic rings. The number of Topliss-reactive ketones (excluding diaryl/α,β-unsaturated/α-hetero) is 1. The van der Waals surface area contributed by atoms with Gasteiger partial charge in [-0.2, -0.15) is 5.10 Å². The normalized spacial score (nSPS) is 10.1. The summed E-state index contributed by atoms with van der Waals surface area (Å²) >= 11 is 3.33. The van der Waals surface area contributed by atoms with Gasteiger partial charge < -0.3 is 4.90 Å². The average Bonchev–Trinajstić information content (AvgIpc) is 2.47. The van der Waals surface area contributed by atoms with Crippen LogP contribution in [0.15, 0.2) is 10.7 Å². The molecule has 0 saturated heterocycles. The van der Waals surface area contributed by atoms with Crippen molar-refractivity contribution in [3.63, 3.8) is 0 Å². The first kappa shape index (κ1) is 11.9. The van der Waals surface area contributed by atoms with Gasteiger partial charge in [0.1, 0.15) is 0 Å². The molecular formula is C9H12BrN3O2. The number of carbonyl (C=O) groups is 2. The molecule has 0 spiro atoms. The molecule has 1 amide bonds. The van der Waals surface area contributed by atoms with Crippen molar-refractivity contribution >= 4 is 27.6 Å². The van der Waals surface area contributed by atoms with E-state index in [9.17, 15) is 9.59 Å². The Hall–Kier alpha value is -1.17. The van der Waals surface area contributed by atoms with Gasteiger partial charge in [-0.3, -0.25) is 14.3 Å². The molecule has 0 aliphatic heterocycles. The number of carbonyl (C=O) groups excluding carboxylic acids is 2. The summed E-state index contributed by atoms with van der Waals surface area (Å²) in [6.45, 7) is 1.62. The Morgan fingerprint density at radius 1 is 1.60 bits per heavy atom. The number of aryl methyl sites for hydroxylation is 1. The van der Waals surface area contributed by atoms with Gasteiger partial charge in [-0.05, 0) is 15.9 Å². The number of likely N-dealkylation sites (N-methyl/N-ethyl adjacent to an activating group) is 1. The lowest BCUT2D eigenvalue weighted by atomic mass is 10.3. The van der Waals surface area contributed by atoms with E-state index in [1.807, 2.05) is 0 Å². The largest absolute Gasteiger partial charge is 0.333 e. The number of aromatic nitrogens is 2. The SMILES string of the molecule is CC(=O)C(=O)N(C)Cc1c(Br)cnn1C. The van der Waals surface area contributed by atoms with Gasteiger partial charge in [-0.25, -0.2) is 0 Å². The minimum absolute atomic E-state index is 0.357. The third-order valence-corrected chi connectivity index (χ3v) is 2.71. The van der Waals surface area contributed by atoms with Crippen molar-refractivity contribution in [1.29, 1.82) is 0 Å². The summed E-state index contributed by atoms with van der Waals surface area (Å²) in [5.41, 5.74) is 0.854. The molecule has 15 heavy (non-hydrogen) atoms. The van der Waals surface area contributed by atoms with Crippen molar-refractivity contribution in [2.75, 3.05) is 7.05 Å². The second kappa shape index (κ2) is 4.57. The maximum Gasteiger partial charge on any atom is 0.289 e. The summed E-state index contributed by atoms with van der Waals surface area (Å²) in [6, 6.07) is 0. The number of rotatable bonds is 3. The average molecular weight is 274 g/mol. The molecule has 1 aromatic rings. The van der Waals surface area contributed by atoms with E-state index < -0.39 is 11.7 Å². The molecule has 1 rings (SSSR count). The zero-order valence-electron chi connectivity index (χ0n) is 8.82. The summed E-state index contributed by atoms with van der Waals surface area (Å²) in [6.07, 6.45) is 1.65. The van der Waals surface area contributed by atoms with E-state index in [0.717, 1.165) is 10.2 Å². The van der Waals surface area contributed by atoms with Crippen molar-refractivity contribution in [3.8, 4) is 0 Å². The molecule has 1 aromatic heterocycles. The number of ketones is 1. The summed E-state index contributed by atoms with van der Waals surface area (Å²) < 4.78 is 2.49. The molecule has 0 radical (unpaired) electrons. The first-order chi connectivity index (χ1) is 6.93. The van der Waals surface area contributed by atoms with Crippen molar-refractivity contribution in [1.82, 2.24) is 14.7 Å². The predicted molar refractivity (Wildman–Crippen MR) is 58.1 cm³/mol. The monoisotopic (exact) mass is 273 g/mol. The summed E-state index contributed by atoms with van der Waals surface area (Å²) in [5, 5.41) is 4.02. The fourth-order valence-electron chi connectivity index (χ4n) is 1.18. The number of hydrogen-bond acceptors (Lipinski definition) is 3. The maximum atomic E-state index is 11.3. The Kier molecular flexibility index (Phi) is 3.62. The van der Waals surface area contributed by atoms with Gasteiger partial charge in [0.05, 0.1) is 22.9 Å². The lowest BCUT2D eigenvalue weighted by Crippen LogP contribution is -2.32. The van der Waals surface area contributed by atoms with E-state index in [2.05, 4.69) is 21.0 Å². The highest BCUT2D eigenvalue weighted by atomic mass is 79.9. The molecule has 0 unspecified atom stereocenters. The molecule has 0 atom stereocenters. The molecule has 0 aliphatic carbocycles. The van der Waals surface area contributed by atoms with Gasteiger partial charge in [0.2, 0.25) is 5.78 Å². The van der Waals surface area contributed by atoms with E-state index in [4.69, 9.17) is 0 Å². The number of halogens is 1. The second-order valence-electron chi connectivity index (χ2n) is 3.28. The Morgan fingerprint density at radius 3 is 2.60 bits per heavy atom. The smallest absolute Gasteiger partial charge is 0.289 e. The third kappa shape index (κ3) is 2.65. The first-order valence-electron chi connectivity index (χ1n) is 4.36. The van der Waals surface area contributed by atoms with Crippen LogP contribution in [-0.4, -0.2) is 33.4 Å². The molecule has 0 N–H and O–H groups in total. The summed E-state index contributed by atoms with van der Waals surface area (Å²) in [5.74, 6) is -0.959. The van der Waals surface area contributed by atoms with Gasteiger partial charge in [-0.15, -0.1) is 0 Å². The van der Waals surface area contributed by atoms with E-state index in [0.29, 0.717) is 6.54 Å². The minimum Gasteiger partial charge on any atom is -0.333 e. The van der Waals surface area contributed by atoms with Crippen LogP contribution < -0.4 is 0 Å². The van der Waals surface area contributed by atoms with Crippen molar-refractivity contribution in [3.05, 3.63) is 16.4 Å². The van der Waals surface area contributed by atoms with Crippen LogP contribution in [0.25, 0.3) is 0 Å². The maximum absolute atomic E-state index is 11.3. The number of nitrogens with zero attached hydrogens (tertiary/aromatic N) is 3. The topological polar surface area (TPSA) is 55.2 Å². The lowest BCUT2D eigenvalue weighted by Gasteiger charge is -2.15. The van der Waals surface area contributed by atoms with E-state index in [1.54, 1.807) is 25.0 Å². The molecule has 5 nitrogen and oxygen atoms in total. The summed E-state index contributed by atoms with van der Waals surface area (Å²) in [7, 11) is 3.37. The first-order valence-corrected chi connectivity index (χ1v) is 5.15. The van der Waals surface area contributed by atoms with E-state index >= 15 is 0 Å². The highest BCUT2D eigenvalue weighted by Gasteiger charge is 2.16. The Labute approximate surface area is 96.2 Å². The second-order valence-corrected chi connectivity index (χ2v) is 4.13. The van der Waals surface area contributed by atoms with Gasteiger partial charge >= 0.3 is 0 Å². The van der Waals surface area contributed by atoms with Crippen LogP contribution in [0.3, 0.4) is 0 Å². The van der Waals surface area contributed by atoms with Crippen LogP contribution >= 0.6 is 15.9 Å². The fourth-order valence-corrected chi connectivity index (χ4v) is 1.65. The minimum atomic E-state index is -0.497. The lowest BCUT2D eigenvalue weighted by molar-refractivity contribution is -0.143. The zero-order chi connectivity index (χ0) is 11.6. The van der Waals surface area contributed by atoms with Crippen molar-refractivity contribution < 1.29 is 9.59 Å². The van der Waals surface area contributed by atoms with Crippen LogP contribution in [0.5, 0.6) is 0 Å². The fraction of sp³-hybridized carbons (Fsp3) is 0.444. The Morgan fingerprint density at radius 2 is 2.20 bits per heavy atom. The predicted octanol–water partition coefficient (Wildman–Crippen LogP) is 0.730. The van der Waals surface area contributed by atoms with Crippen LogP contribution in [0.4, 0.5) is 0 Å². The summed E-state index contributed by atoms with van der Waals surface area (Å²) in [4.78, 5) is 23.5. The molecular weight excluding hydrogens is 262 g/mol. The highest BCUT2D eigenvalue weighted by Crippen LogP contribution is 2.16. The molecule has 1 heterocycles. The number of hydrogen-bond donors (Lipinski definition) is 0. The molecule has 0 bridgehead atoms. The molecule has 82 valence electrons. The van der Waals surface area contributed by atoms with Crippen LogP contribution in [0, 0.1) is 0 Å². The van der Waals surface area contributed by atoms with E-state index in [1.165, 1.54) is 11.8 Å². The third-order valence-electron chi connectivity index (χ3n) is 2.05. The van der Waals surface area contributed by atoms with Gasteiger partial charge in [-0.1, -0.05) is 0 Å². The molecule has 0 aromatic carbocycles. The number of amides is 1. The molecule has 0 fully saturated rings. The Balaban J connectivity index is 2.79. The Bertz CT molecular complexity index is 381. The van der Waals surface area contributed by atoms with Crippen molar-refractivity contribution in [2.24, 2.45) is 7.05 Å². The van der Waals surface area contributed by atoms with Crippen LogP contribution in [-0.2, 0) is 23.2 Å². The molecule has 0 saturated carbocycles. The zero-order valence-corrected chi connectivity index (χ0v) is 10.4. The van der Waals surface area contributed by atoms with E-state index in [-0.39, 0.29) is 0 Å². The quantitative estimate of drug-likeness (QED) is 0.763.